The Balaban J connectivity index is 1.38. The number of nitrogens with zero attached hydrogens (tertiary/aromatic N) is 5. The van der Waals surface area contributed by atoms with E-state index in [4.69, 9.17) is 14.3 Å². The maximum absolute atomic E-state index is 12.8. The molecule has 0 saturated heterocycles. The second kappa shape index (κ2) is 14.3. The summed E-state index contributed by atoms with van der Waals surface area (Å²) in [4.78, 5) is 17.9. The summed E-state index contributed by atoms with van der Waals surface area (Å²) in [5, 5.41) is 23.3. The number of aliphatic hydroxyl groups excluding tert-OH is 1. The average Bonchev–Trinajstić information content (AvgIpc) is 3.67. The highest BCUT2D eigenvalue weighted by Crippen LogP contribution is 2.31. The van der Waals surface area contributed by atoms with Gasteiger partial charge in [-0.3, -0.25) is 15.0 Å². The fourth-order valence-electron chi connectivity index (χ4n) is 5.70. The number of nitrogens with one attached hydrogen (secondary N) is 2. The topological polar surface area (TPSA) is 140 Å². The van der Waals surface area contributed by atoms with Gasteiger partial charge in [0.15, 0.2) is 12.0 Å². The second-order valence-electron chi connectivity index (χ2n) is 11.0. The molecule has 3 aromatic carbocycles. The molecule has 46 heavy (non-hydrogen) atoms. The monoisotopic (exact) mass is 619 g/mol. The Morgan fingerprint density at radius 1 is 0.935 bits per heavy atom. The van der Waals surface area contributed by atoms with E-state index in [2.05, 4.69) is 46.1 Å². The average molecular weight is 620 g/mol. The number of benzene rings is 3. The maximum Gasteiger partial charge on any atom is 0.422 e. The minimum atomic E-state index is -0.803. The Labute approximate surface area is 267 Å². The number of rotatable bonds is 12. The van der Waals surface area contributed by atoms with Gasteiger partial charge in [0.05, 0.1) is 17.1 Å². The molecule has 1 aliphatic heterocycles. The molecule has 1 aliphatic rings. The molecule has 1 unspecified atom stereocenters. The number of carbonyl (C=O) groups is 1. The zero-order valence-electron chi connectivity index (χ0n) is 25.9. The quantitative estimate of drug-likeness (QED) is 0.166. The Morgan fingerprint density at radius 3 is 2.46 bits per heavy atom. The predicted molar refractivity (Wildman–Crippen MR) is 173 cm³/mol. The van der Waals surface area contributed by atoms with Crippen LogP contribution in [0.1, 0.15) is 70.9 Å². The first-order valence-corrected chi connectivity index (χ1v) is 15.6. The molecule has 3 N–H and O–H groups in total. The van der Waals surface area contributed by atoms with Gasteiger partial charge in [-0.2, -0.15) is 0 Å². The predicted octanol–water partition coefficient (Wildman–Crippen LogP) is 4.98. The molecule has 2 aromatic heterocycles. The maximum atomic E-state index is 12.8. The summed E-state index contributed by atoms with van der Waals surface area (Å²) in [5.41, 5.74) is 12.9. The van der Waals surface area contributed by atoms with Crippen molar-refractivity contribution < 1.29 is 19.2 Å². The van der Waals surface area contributed by atoms with E-state index >= 15 is 0 Å². The zero-order chi connectivity index (χ0) is 31.9. The van der Waals surface area contributed by atoms with Crippen LogP contribution >= 0.6 is 0 Å². The van der Waals surface area contributed by atoms with Gasteiger partial charge in [0, 0.05) is 36.1 Å². The molecule has 0 fully saturated rings. The lowest BCUT2D eigenvalue weighted by molar-refractivity contribution is 0.132. The van der Waals surface area contributed by atoms with Crippen molar-refractivity contribution in [3.63, 3.8) is 0 Å². The summed E-state index contributed by atoms with van der Waals surface area (Å²) in [6, 6.07) is 25.4. The third-order valence-electron chi connectivity index (χ3n) is 7.99. The van der Waals surface area contributed by atoms with E-state index in [1.54, 1.807) is 0 Å². The van der Waals surface area contributed by atoms with Gasteiger partial charge in [0.2, 0.25) is 0 Å². The summed E-state index contributed by atoms with van der Waals surface area (Å²) in [7, 11) is 0. The number of hydrazine groups is 1. The minimum absolute atomic E-state index is 0.0204. The number of aromatic nitrogens is 4. The molecule has 236 valence electrons. The summed E-state index contributed by atoms with van der Waals surface area (Å²) in [6.07, 6.45) is 1.81. The van der Waals surface area contributed by atoms with Crippen LogP contribution in [0.15, 0.2) is 88.4 Å². The Kier molecular flexibility index (Phi) is 9.61. The molecule has 1 atom stereocenters. The molecule has 11 heteroatoms. The Bertz CT molecular complexity index is 1790. The highest BCUT2D eigenvalue weighted by Gasteiger charge is 2.30. The molecule has 0 aliphatic carbocycles. The first-order chi connectivity index (χ1) is 22.6. The fourth-order valence-corrected chi connectivity index (χ4v) is 5.70. The zero-order valence-corrected chi connectivity index (χ0v) is 25.9. The largest absolute Gasteiger partial charge is 0.444 e. The van der Waals surface area contributed by atoms with Crippen LogP contribution < -0.4 is 10.9 Å². The van der Waals surface area contributed by atoms with E-state index in [1.807, 2.05) is 77.4 Å². The van der Waals surface area contributed by atoms with Crippen molar-refractivity contribution in [2.24, 2.45) is 4.99 Å². The summed E-state index contributed by atoms with van der Waals surface area (Å²) < 4.78 is 13.1. The van der Waals surface area contributed by atoms with Crippen LogP contribution in [0.5, 0.6) is 0 Å². The van der Waals surface area contributed by atoms with Crippen LogP contribution in [-0.2, 0) is 43.4 Å². The van der Waals surface area contributed by atoms with Gasteiger partial charge in [0.25, 0.3) is 0 Å². The van der Waals surface area contributed by atoms with E-state index in [1.165, 1.54) is 0 Å². The van der Waals surface area contributed by atoms with Gasteiger partial charge in [0.1, 0.15) is 18.2 Å². The van der Waals surface area contributed by atoms with E-state index in [0.29, 0.717) is 25.1 Å². The normalized spacial score (nSPS) is 13.8. The molecule has 3 heterocycles. The molecule has 0 saturated carbocycles. The van der Waals surface area contributed by atoms with Crippen molar-refractivity contribution in [2.75, 3.05) is 6.61 Å². The number of aryl methyl sites for hydroxylation is 3. The van der Waals surface area contributed by atoms with Crippen molar-refractivity contribution in [3.8, 4) is 5.69 Å². The minimum Gasteiger partial charge on any atom is -0.444 e. The number of hydrogen-bond donors (Lipinski definition) is 3. The third kappa shape index (κ3) is 6.60. The number of amides is 1. The second-order valence-corrected chi connectivity index (χ2v) is 11.0. The molecule has 0 radical (unpaired) electrons. The lowest BCUT2D eigenvalue weighted by Crippen LogP contribution is -2.40. The smallest absolute Gasteiger partial charge is 0.422 e. The molecular formula is C35H37N7O4. The van der Waals surface area contributed by atoms with E-state index in [0.717, 1.165) is 69.3 Å². The number of fused-ring (bicyclic) bond motifs is 3. The van der Waals surface area contributed by atoms with Crippen molar-refractivity contribution in [1.29, 1.82) is 0 Å². The summed E-state index contributed by atoms with van der Waals surface area (Å²) in [5.74, 6) is 2.11. The first kappa shape index (κ1) is 30.9. The number of aliphatic hydroxyl groups is 1. The summed E-state index contributed by atoms with van der Waals surface area (Å²) in [6.45, 7) is 4.27. The fraction of sp³-hybridized carbons (Fsp3) is 0.286. The SMILES string of the molecule is CCc1noc(CC)c1CCc1nnc2n1-c1cc(CCO)ccc1C(c1ccccc1)=NC2NNC(=O)OCc1ccccc1. The highest BCUT2D eigenvalue weighted by molar-refractivity contribution is 6.15. The molecule has 6 rings (SSSR count). The Hall–Kier alpha value is -5.13. The lowest BCUT2D eigenvalue weighted by Gasteiger charge is -2.16. The highest BCUT2D eigenvalue weighted by atomic mass is 16.6. The van der Waals surface area contributed by atoms with Crippen molar-refractivity contribution in [2.45, 2.75) is 58.7 Å². The number of ether oxygens (including phenoxy) is 1. The molecule has 0 bridgehead atoms. The number of hydrogen-bond acceptors (Lipinski definition) is 9. The van der Waals surface area contributed by atoms with Crippen molar-refractivity contribution in [1.82, 2.24) is 30.8 Å². The molecule has 1 amide bonds. The number of carbonyl (C=O) groups excluding carboxylic acids is 1. The van der Waals surface area contributed by atoms with Crippen LogP contribution in [0.2, 0.25) is 0 Å². The third-order valence-corrected chi connectivity index (χ3v) is 7.99. The molecular weight excluding hydrogens is 582 g/mol. The number of aliphatic imine (C=N–C) groups is 1. The van der Waals surface area contributed by atoms with Gasteiger partial charge in [-0.05, 0) is 36.5 Å². The van der Waals surface area contributed by atoms with Gasteiger partial charge >= 0.3 is 6.09 Å². The van der Waals surface area contributed by atoms with Gasteiger partial charge in [-0.25, -0.2) is 10.2 Å². The van der Waals surface area contributed by atoms with Gasteiger partial charge in [-0.15, -0.1) is 10.2 Å². The van der Waals surface area contributed by atoms with Crippen LogP contribution in [0.3, 0.4) is 0 Å². The van der Waals surface area contributed by atoms with Crippen molar-refractivity contribution in [3.05, 3.63) is 130 Å². The molecule has 5 aromatic rings. The van der Waals surface area contributed by atoms with Crippen LogP contribution in [0.25, 0.3) is 5.69 Å². The van der Waals surface area contributed by atoms with E-state index < -0.39 is 12.3 Å². The van der Waals surface area contributed by atoms with Gasteiger partial charge < -0.3 is 14.4 Å². The first-order valence-electron chi connectivity index (χ1n) is 15.6. The molecule has 0 spiro atoms. The standard InChI is InChI=1S/C35H37N7O4/c1-3-28-26(30(4-2)46-41-28)17-18-31-37-39-34-33(38-40-35(44)45-22-24-11-7-5-8-12-24)36-32(25-13-9-6-10-14-25)27-16-15-23(19-20-43)21-29(27)42(31)34/h5-16,21,33,38,43H,3-4,17-20,22H2,1-2H3,(H,40,44). The van der Waals surface area contributed by atoms with Crippen molar-refractivity contribution >= 4 is 11.8 Å². The Morgan fingerprint density at radius 2 is 1.72 bits per heavy atom. The van der Waals surface area contributed by atoms with E-state index in [9.17, 15) is 9.90 Å². The summed E-state index contributed by atoms with van der Waals surface area (Å²) >= 11 is 0. The van der Waals surface area contributed by atoms with Gasteiger partial charge in [-0.1, -0.05) is 91.8 Å². The lowest BCUT2D eigenvalue weighted by atomic mass is 9.98. The van der Waals surface area contributed by atoms with E-state index in [-0.39, 0.29) is 13.2 Å². The molecule has 11 nitrogen and oxygen atoms in total. The van der Waals surface area contributed by atoms with Crippen LogP contribution in [0, 0.1) is 0 Å². The van der Waals surface area contributed by atoms with Crippen LogP contribution in [-0.4, -0.2) is 43.4 Å². The van der Waals surface area contributed by atoms with Crippen LogP contribution in [0.4, 0.5) is 4.79 Å².